The van der Waals surface area contributed by atoms with Gasteiger partial charge in [-0.1, -0.05) is 35.0 Å². The number of aryl methyl sites for hydroxylation is 2. The van der Waals surface area contributed by atoms with Gasteiger partial charge in [0.25, 0.3) is 0 Å². The van der Waals surface area contributed by atoms with Crippen LogP contribution in [-0.4, -0.2) is 16.0 Å². The Morgan fingerprint density at radius 2 is 2.04 bits per heavy atom. The largest absolute Gasteiger partial charge is 0.356 e. The highest BCUT2D eigenvalue weighted by atomic mass is 32.1. The first-order valence-electron chi connectivity index (χ1n) is 8.26. The van der Waals surface area contributed by atoms with E-state index in [2.05, 4.69) is 47.5 Å². The number of benzene rings is 2. The summed E-state index contributed by atoms with van der Waals surface area (Å²) in [4.78, 5) is 16.9. The van der Waals surface area contributed by atoms with Crippen LogP contribution < -0.4 is 5.32 Å². The molecular weight excluding hydrogens is 346 g/mol. The van der Waals surface area contributed by atoms with Gasteiger partial charge < -0.3 is 9.84 Å². The Balaban J connectivity index is 1.50. The lowest BCUT2D eigenvalue weighted by Gasteiger charge is -2.04. The minimum atomic E-state index is -0.161. The second-order valence-corrected chi connectivity index (χ2v) is 7.06. The number of nitrogens with zero attached hydrogens (tertiary/aromatic N) is 2. The Morgan fingerprint density at radius 1 is 1.19 bits per heavy atom. The maximum absolute atomic E-state index is 12.4. The zero-order chi connectivity index (χ0) is 18.1. The van der Waals surface area contributed by atoms with E-state index in [1.807, 2.05) is 29.6 Å². The van der Waals surface area contributed by atoms with Crippen molar-refractivity contribution in [2.45, 2.75) is 20.3 Å². The lowest BCUT2D eigenvalue weighted by molar-refractivity contribution is -0.115. The van der Waals surface area contributed by atoms with Crippen LogP contribution in [0.15, 0.2) is 52.4 Å². The van der Waals surface area contributed by atoms with Crippen LogP contribution in [0.2, 0.25) is 0 Å². The molecule has 1 N–H and O–H groups in total. The Labute approximate surface area is 154 Å². The summed E-state index contributed by atoms with van der Waals surface area (Å²) in [5, 5.41) is 10.3. The van der Waals surface area contributed by atoms with E-state index in [0.717, 1.165) is 22.2 Å². The smallest absolute Gasteiger partial charge is 0.232 e. The number of rotatable bonds is 4. The molecule has 0 saturated carbocycles. The Hall–Kier alpha value is -2.99. The molecule has 0 aliphatic heterocycles. The topological polar surface area (TPSA) is 68.0 Å². The number of amides is 1. The van der Waals surface area contributed by atoms with Gasteiger partial charge in [-0.2, -0.15) is 0 Å². The monoisotopic (exact) mass is 363 g/mol. The molecule has 0 spiro atoms. The van der Waals surface area contributed by atoms with Crippen molar-refractivity contribution in [2.75, 3.05) is 5.32 Å². The predicted molar refractivity (Wildman–Crippen MR) is 103 cm³/mol. The summed E-state index contributed by atoms with van der Waals surface area (Å²) in [7, 11) is 0. The van der Waals surface area contributed by atoms with Gasteiger partial charge in [0.15, 0.2) is 10.7 Å². The molecule has 5 nitrogen and oxygen atoms in total. The standard InChI is InChI=1S/C20H17N3O2S/c1-12-7-8-13(2)15(9-12)17-11-26-20(21-17)22-19(24)10-16-14-5-3-4-6-18(14)25-23-16/h3-9,11H,10H2,1-2H3,(H,21,22,24). The zero-order valence-electron chi connectivity index (χ0n) is 14.4. The molecule has 0 atom stereocenters. The van der Waals surface area contributed by atoms with Gasteiger partial charge in [0.1, 0.15) is 5.69 Å². The second kappa shape index (κ2) is 6.72. The van der Waals surface area contributed by atoms with Crippen molar-refractivity contribution >= 4 is 33.3 Å². The number of thiazole rings is 1. The first-order chi connectivity index (χ1) is 12.6. The highest BCUT2D eigenvalue weighted by Gasteiger charge is 2.14. The summed E-state index contributed by atoms with van der Waals surface area (Å²) >= 11 is 1.42. The molecule has 4 aromatic rings. The Kier molecular flexibility index (Phi) is 4.26. The maximum atomic E-state index is 12.4. The first-order valence-corrected chi connectivity index (χ1v) is 9.14. The molecule has 2 heterocycles. The quantitative estimate of drug-likeness (QED) is 0.568. The molecule has 4 rings (SSSR count). The van der Waals surface area contributed by atoms with Crippen molar-refractivity contribution in [3.8, 4) is 11.3 Å². The lowest BCUT2D eigenvalue weighted by Crippen LogP contribution is -2.14. The van der Waals surface area contributed by atoms with E-state index >= 15 is 0 Å². The zero-order valence-corrected chi connectivity index (χ0v) is 15.3. The number of para-hydroxylation sites is 1. The van der Waals surface area contributed by atoms with E-state index in [1.54, 1.807) is 0 Å². The minimum absolute atomic E-state index is 0.148. The van der Waals surface area contributed by atoms with Gasteiger partial charge in [-0.3, -0.25) is 4.79 Å². The molecule has 0 aliphatic carbocycles. The van der Waals surface area contributed by atoms with Crippen molar-refractivity contribution in [3.63, 3.8) is 0 Å². The van der Waals surface area contributed by atoms with Crippen LogP contribution in [0.25, 0.3) is 22.2 Å². The first kappa shape index (κ1) is 16.5. The summed E-state index contributed by atoms with van der Waals surface area (Å²) in [5.74, 6) is -0.161. The highest BCUT2D eigenvalue weighted by Crippen LogP contribution is 2.28. The van der Waals surface area contributed by atoms with Gasteiger partial charge in [0.2, 0.25) is 5.91 Å². The van der Waals surface area contributed by atoms with Crippen LogP contribution in [0.1, 0.15) is 16.8 Å². The van der Waals surface area contributed by atoms with E-state index in [0.29, 0.717) is 16.4 Å². The number of carbonyl (C=O) groups is 1. The molecule has 26 heavy (non-hydrogen) atoms. The molecule has 0 saturated heterocycles. The third-order valence-corrected chi connectivity index (χ3v) is 4.96. The van der Waals surface area contributed by atoms with Gasteiger partial charge in [0, 0.05) is 16.3 Å². The maximum Gasteiger partial charge on any atom is 0.232 e. The number of carbonyl (C=O) groups excluding carboxylic acids is 1. The number of anilines is 1. The van der Waals surface area contributed by atoms with Crippen molar-refractivity contribution in [1.82, 2.24) is 10.1 Å². The molecule has 0 bridgehead atoms. The number of hydrogen-bond donors (Lipinski definition) is 1. The number of nitrogens with one attached hydrogen (secondary N) is 1. The lowest BCUT2D eigenvalue weighted by atomic mass is 10.0. The third kappa shape index (κ3) is 3.23. The predicted octanol–water partition coefficient (Wildman–Crippen LogP) is 4.75. The molecular formula is C20H17N3O2S. The molecule has 0 fully saturated rings. The number of fused-ring (bicyclic) bond motifs is 1. The van der Waals surface area contributed by atoms with Gasteiger partial charge >= 0.3 is 0 Å². The summed E-state index contributed by atoms with van der Waals surface area (Å²) in [5.41, 5.74) is 5.61. The summed E-state index contributed by atoms with van der Waals surface area (Å²) in [6.07, 6.45) is 0.148. The summed E-state index contributed by atoms with van der Waals surface area (Å²) < 4.78 is 5.24. The number of aromatic nitrogens is 2. The highest BCUT2D eigenvalue weighted by molar-refractivity contribution is 7.14. The third-order valence-electron chi connectivity index (χ3n) is 4.20. The van der Waals surface area contributed by atoms with Crippen LogP contribution in [0.4, 0.5) is 5.13 Å². The van der Waals surface area contributed by atoms with E-state index in [-0.39, 0.29) is 12.3 Å². The molecule has 0 radical (unpaired) electrons. The molecule has 6 heteroatoms. The average molecular weight is 363 g/mol. The molecule has 0 aliphatic rings. The van der Waals surface area contributed by atoms with Crippen LogP contribution in [0.3, 0.4) is 0 Å². The van der Waals surface area contributed by atoms with Crippen LogP contribution in [0, 0.1) is 13.8 Å². The van der Waals surface area contributed by atoms with E-state index in [9.17, 15) is 4.79 Å². The average Bonchev–Trinajstić information content (AvgIpc) is 3.25. The second-order valence-electron chi connectivity index (χ2n) is 6.21. The molecule has 2 aromatic carbocycles. The fourth-order valence-corrected chi connectivity index (χ4v) is 3.57. The van der Waals surface area contributed by atoms with Crippen molar-refractivity contribution in [3.05, 3.63) is 64.7 Å². The normalized spacial score (nSPS) is 11.0. The van der Waals surface area contributed by atoms with Crippen molar-refractivity contribution < 1.29 is 9.32 Å². The van der Waals surface area contributed by atoms with Crippen molar-refractivity contribution in [2.24, 2.45) is 0 Å². The van der Waals surface area contributed by atoms with Gasteiger partial charge in [-0.05, 0) is 37.6 Å². The SMILES string of the molecule is Cc1ccc(C)c(-c2csc(NC(=O)Cc3noc4ccccc34)n2)c1. The van der Waals surface area contributed by atoms with Gasteiger partial charge in [-0.15, -0.1) is 11.3 Å². The summed E-state index contributed by atoms with van der Waals surface area (Å²) in [6.45, 7) is 4.11. The van der Waals surface area contributed by atoms with Gasteiger partial charge in [0.05, 0.1) is 12.1 Å². The Morgan fingerprint density at radius 3 is 2.92 bits per heavy atom. The van der Waals surface area contributed by atoms with Crippen LogP contribution in [0.5, 0.6) is 0 Å². The Bertz CT molecular complexity index is 1100. The van der Waals surface area contributed by atoms with E-state index in [1.165, 1.54) is 16.9 Å². The van der Waals surface area contributed by atoms with E-state index in [4.69, 9.17) is 4.52 Å². The summed E-state index contributed by atoms with van der Waals surface area (Å²) in [6, 6.07) is 13.8. The molecule has 130 valence electrons. The van der Waals surface area contributed by atoms with Crippen LogP contribution in [-0.2, 0) is 11.2 Å². The fourth-order valence-electron chi connectivity index (χ4n) is 2.85. The molecule has 2 aromatic heterocycles. The van der Waals surface area contributed by atoms with Crippen molar-refractivity contribution in [1.29, 1.82) is 0 Å². The van der Waals surface area contributed by atoms with E-state index < -0.39 is 0 Å². The molecule has 1 amide bonds. The molecule has 0 unspecified atom stereocenters. The fraction of sp³-hybridized carbons (Fsp3) is 0.150. The van der Waals surface area contributed by atoms with Gasteiger partial charge in [-0.25, -0.2) is 4.98 Å². The minimum Gasteiger partial charge on any atom is -0.356 e. The number of hydrogen-bond acceptors (Lipinski definition) is 5. The van der Waals surface area contributed by atoms with Crippen LogP contribution >= 0.6 is 11.3 Å².